The van der Waals surface area contributed by atoms with Crippen LogP contribution in [0.2, 0.25) is 0 Å². The Labute approximate surface area is 111 Å². The van der Waals surface area contributed by atoms with E-state index < -0.39 is 5.97 Å². The fraction of sp³-hybridized carbons (Fsp3) is 0.357. The van der Waals surface area contributed by atoms with Gasteiger partial charge in [-0.1, -0.05) is 13.0 Å². The van der Waals surface area contributed by atoms with Gasteiger partial charge in [0, 0.05) is 5.57 Å². The summed E-state index contributed by atoms with van der Waals surface area (Å²) in [7, 11) is 0. The number of hydrogen-bond acceptors (Lipinski definition) is 4. The smallest absolute Gasteiger partial charge is 0.331 e. The molecular formula is C14H16O5. The van der Waals surface area contributed by atoms with Gasteiger partial charge in [-0.15, -0.1) is 0 Å². The normalized spacial score (nSPS) is 13.6. The molecule has 0 aromatic heterocycles. The van der Waals surface area contributed by atoms with Gasteiger partial charge in [-0.3, -0.25) is 0 Å². The van der Waals surface area contributed by atoms with E-state index in [1.807, 2.05) is 18.2 Å². The largest absolute Gasteiger partial charge is 0.478 e. The van der Waals surface area contributed by atoms with Crippen LogP contribution in [0.1, 0.15) is 18.9 Å². The monoisotopic (exact) mass is 264 g/mol. The van der Waals surface area contributed by atoms with E-state index in [0.29, 0.717) is 18.6 Å². The summed E-state index contributed by atoms with van der Waals surface area (Å²) < 4.78 is 15.9. The molecule has 1 N–H and O–H groups in total. The Morgan fingerprint density at radius 1 is 1.42 bits per heavy atom. The highest BCUT2D eigenvalue weighted by molar-refractivity contribution is 5.86. The van der Waals surface area contributed by atoms with Crippen molar-refractivity contribution in [3.63, 3.8) is 0 Å². The minimum atomic E-state index is -0.894. The first-order valence-corrected chi connectivity index (χ1v) is 6.09. The zero-order valence-corrected chi connectivity index (χ0v) is 10.7. The molecule has 1 aromatic rings. The van der Waals surface area contributed by atoms with E-state index >= 15 is 0 Å². The van der Waals surface area contributed by atoms with Crippen LogP contribution in [0, 0.1) is 0 Å². The molecule has 1 aromatic carbocycles. The molecule has 1 heterocycles. The topological polar surface area (TPSA) is 65.0 Å². The molecular weight excluding hydrogens is 248 g/mol. The van der Waals surface area contributed by atoms with Gasteiger partial charge in [-0.05, 0) is 30.2 Å². The average Bonchev–Trinajstić information content (AvgIpc) is 2.85. The standard InChI is InChI=1S/C14H16O5/c1-2-11(14(15)16)5-6-17-8-10-3-4-12-13(7-10)19-9-18-12/h3-5,7H,2,6,8-9H2,1H3,(H,15,16). The number of carboxylic acid groups (broad SMARTS) is 1. The highest BCUT2D eigenvalue weighted by Gasteiger charge is 2.12. The Morgan fingerprint density at radius 2 is 2.21 bits per heavy atom. The summed E-state index contributed by atoms with van der Waals surface area (Å²) in [6, 6.07) is 5.60. The number of benzene rings is 1. The lowest BCUT2D eigenvalue weighted by atomic mass is 10.2. The molecule has 0 bridgehead atoms. The zero-order chi connectivity index (χ0) is 13.7. The minimum Gasteiger partial charge on any atom is -0.478 e. The summed E-state index contributed by atoms with van der Waals surface area (Å²) in [5.41, 5.74) is 1.33. The zero-order valence-electron chi connectivity index (χ0n) is 10.7. The summed E-state index contributed by atoms with van der Waals surface area (Å²) >= 11 is 0. The SMILES string of the molecule is CCC(=CCOCc1ccc2c(c1)OCO2)C(=O)O. The first kappa shape index (κ1) is 13.4. The predicted molar refractivity (Wildman–Crippen MR) is 68.2 cm³/mol. The van der Waals surface area contributed by atoms with Crippen molar-refractivity contribution >= 4 is 5.97 Å². The fourth-order valence-electron chi connectivity index (χ4n) is 1.75. The summed E-state index contributed by atoms with van der Waals surface area (Å²) in [4.78, 5) is 10.8. The molecule has 0 aliphatic carbocycles. The van der Waals surface area contributed by atoms with Crippen LogP contribution < -0.4 is 9.47 Å². The van der Waals surface area contributed by atoms with Crippen molar-refractivity contribution in [3.05, 3.63) is 35.4 Å². The van der Waals surface area contributed by atoms with Gasteiger partial charge in [0.2, 0.25) is 6.79 Å². The first-order chi connectivity index (χ1) is 9.20. The maximum absolute atomic E-state index is 10.8. The van der Waals surface area contributed by atoms with Gasteiger partial charge in [0.1, 0.15) is 0 Å². The van der Waals surface area contributed by atoms with E-state index in [9.17, 15) is 4.79 Å². The average molecular weight is 264 g/mol. The summed E-state index contributed by atoms with van der Waals surface area (Å²) in [6.07, 6.45) is 2.08. The third kappa shape index (κ3) is 3.48. The Balaban J connectivity index is 1.84. The minimum absolute atomic E-state index is 0.251. The van der Waals surface area contributed by atoms with Gasteiger partial charge in [-0.25, -0.2) is 4.79 Å². The molecule has 0 saturated carbocycles. The van der Waals surface area contributed by atoms with E-state index in [2.05, 4.69) is 0 Å². The number of carboxylic acids is 1. The summed E-state index contributed by atoms with van der Waals surface area (Å²) in [5.74, 6) is 0.563. The van der Waals surface area contributed by atoms with Crippen LogP contribution >= 0.6 is 0 Å². The van der Waals surface area contributed by atoms with Gasteiger partial charge in [-0.2, -0.15) is 0 Å². The van der Waals surface area contributed by atoms with E-state index in [1.54, 1.807) is 13.0 Å². The summed E-state index contributed by atoms with van der Waals surface area (Å²) in [5, 5.41) is 8.84. The number of carbonyl (C=O) groups is 1. The number of hydrogen-bond donors (Lipinski definition) is 1. The van der Waals surface area contributed by atoms with Crippen molar-refractivity contribution in [1.82, 2.24) is 0 Å². The number of rotatable bonds is 6. The van der Waals surface area contributed by atoms with E-state index in [-0.39, 0.29) is 13.4 Å². The molecule has 0 radical (unpaired) electrons. The maximum atomic E-state index is 10.8. The van der Waals surface area contributed by atoms with Gasteiger partial charge in [0.25, 0.3) is 0 Å². The van der Waals surface area contributed by atoms with Crippen LogP contribution in [0.3, 0.4) is 0 Å². The second kappa shape index (κ2) is 6.24. The lowest BCUT2D eigenvalue weighted by Crippen LogP contribution is -2.01. The van der Waals surface area contributed by atoms with Crippen LogP contribution in [0.25, 0.3) is 0 Å². The molecule has 2 rings (SSSR count). The van der Waals surface area contributed by atoms with E-state index in [4.69, 9.17) is 19.3 Å². The van der Waals surface area contributed by atoms with Crippen molar-refractivity contribution < 1.29 is 24.1 Å². The molecule has 102 valence electrons. The Bertz CT molecular complexity index is 493. The Kier molecular flexibility index (Phi) is 4.41. The number of aliphatic carboxylic acids is 1. The molecule has 1 aliphatic heterocycles. The Morgan fingerprint density at radius 3 is 2.95 bits per heavy atom. The van der Waals surface area contributed by atoms with Crippen LogP contribution in [0.5, 0.6) is 11.5 Å². The van der Waals surface area contributed by atoms with Crippen LogP contribution in [0.15, 0.2) is 29.8 Å². The second-order valence-corrected chi connectivity index (χ2v) is 4.09. The molecule has 5 nitrogen and oxygen atoms in total. The number of ether oxygens (including phenoxy) is 3. The van der Waals surface area contributed by atoms with Crippen LogP contribution in [0.4, 0.5) is 0 Å². The van der Waals surface area contributed by atoms with Crippen molar-refractivity contribution in [2.45, 2.75) is 20.0 Å². The molecule has 0 fully saturated rings. The lowest BCUT2D eigenvalue weighted by Gasteiger charge is -2.04. The fourth-order valence-corrected chi connectivity index (χ4v) is 1.75. The lowest BCUT2D eigenvalue weighted by molar-refractivity contribution is -0.132. The Hall–Kier alpha value is -2.01. The second-order valence-electron chi connectivity index (χ2n) is 4.09. The van der Waals surface area contributed by atoms with E-state index in [1.165, 1.54) is 0 Å². The molecule has 0 amide bonds. The number of fused-ring (bicyclic) bond motifs is 1. The summed E-state index contributed by atoms with van der Waals surface area (Å²) in [6.45, 7) is 2.74. The third-order valence-electron chi connectivity index (χ3n) is 2.81. The molecule has 0 atom stereocenters. The maximum Gasteiger partial charge on any atom is 0.331 e. The van der Waals surface area contributed by atoms with Gasteiger partial charge < -0.3 is 19.3 Å². The van der Waals surface area contributed by atoms with Crippen LogP contribution in [-0.4, -0.2) is 24.5 Å². The van der Waals surface area contributed by atoms with Gasteiger partial charge >= 0.3 is 5.97 Å². The first-order valence-electron chi connectivity index (χ1n) is 6.09. The molecule has 5 heteroatoms. The van der Waals surface area contributed by atoms with Crippen LogP contribution in [-0.2, 0) is 16.1 Å². The molecule has 0 saturated heterocycles. The highest BCUT2D eigenvalue weighted by atomic mass is 16.7. The quantitative estimate of drug-likeness (QED) is 0.631. The predicted octanol–water partition coefficient (Wildman–Crippen LogP) is 2.35. The van der Waals surface area contributed by atoms with E-state index in [0.717, 1.165) is 17.1 Å². The van der Waals surface area contributed by atoms with Gasteiger partial charge in [0.15, 0.2) is 11.5 Å². The third-order valence-corrected chi connectivity index (χ3v) is 2.81. The van der Waals surface area contributed by atoms with Crippen molar-refractivity contribution in [3.8, 4) is 11.5 Å². The molecule has 0 spiro atoms. The molecule has 0 unspecified atom stereocenters. The van der Waals surface area contributed by atoms with Gasteiger partial charge in [0.05, 0.1) is 13.2 Å². The van der Waals surface area contributed by atoms with Crippen molar-refractivity contribution in [2.24, 2.45) is 0 Å². The molecule has 1 aliphatic rings. The molecule has 19 heavy (non-hydrogen) atoms. The van der Waals surface area contributed by atoms with Crippen molar-refractivity contribution in [2.75, 3.05) is 13.4 Å². The van der Waals surface area contributed by atoms with Crippen molar-refractivity contribution in [1.29, 1.82) is 0 Å². The highest BCUT2D eigenvalue weighted by Crippen LogP contribution is 2.32.